The largest absolute Gasteiger partial charge is 0.457 e. The van der Waals surface area contributed by atoms with Crippen LogP contribution >= 0.6 is 0 Å². The summed E-state index contributed by atoms with van der Waals surface area (Å²) in [7, 11) is 0. The summed E-state index contributed by atoms with van der Waals surface area (Å²) in [5.41, 5.74) is 8.40. The van der Waals surface area contributed by atoms with Crippen molar-refractivity contribution >= 4 is 28.6 Å². The Morgan fingerprint density at radius 3 is 2.60 bits per heavy atom. The van der Waals surface area contributed by atoms with Crippen LogP contribution in [-0.2, 0) is 0 Å². The van der Waals surface area contributed by atoms with Gasteiger partial charge in [0.1, 0.15) is 17.0 Å². The third-order valence-corrected chi connectivity index (χ3v) is 5.20. The fourth-order valence-electron chi connectivity index (χ4n) is 3.69. The van der Waals surface area contributed by atoms with E-state index < -0.39 is 0 Å². The molecule has 152 valence electrons. The number of anilines is 3. The number of nitrogens with two attached hydrogens (primary N) is 1. The van der Waals surface area contributed by atoms with Crippen LogP contribution in [0.2, 0.25) is 0 Å². The first kappa shape index (κ1) is 18.4. The van der Waals surface area contributed by atoms with Gasteiger partial charge >= 0.3 is 0 Å². The molecule has 0 radical (unpaired) electrons. The SMILES string of the molecule is Nc1nc(Nc2ccc(Oc3ccccc3)cc2)nc2c1ncn2[C@H]1CCCNC1. The van der Waals surface area contributed by atoms with E-state index in [0.29, 0.717) is 23.3 Å². The lowest BCUT2D eigenvalue weighted by Crippen LogP contribution is -2.31. The number of ether oxygens (including phenoxy) is 1. The van der Waals surface area contributed by atoms with Crippen LogP contribution in [-0.4, -0.2) is 32.6 Å². The van der Waals surface area contributed by atoms with Crippen LogP contribution < -0.4 is 21.1 Å². The summed E-state index contributed by atoms with van der Waals surface area (Å²) in [5, 5.41) is 6.66. The van der Waals surface area contributed by atoms with Gasteiger partial charge in [-0.2, -0.15) is 9.97 Å². The van der Waals surface area contributed by atoms with Crippen molar-refractivity contribution in [2.45, 2.75) is 18.9 Å². The second kappa shape index (κ2) is 8.00. The summed E-state index contributed by atoms with van der Waals surface area (Å²) in [6.45, 7) is 1.96. The quantitative estimate of drug-likeness (QED) is 0.466. The number of piperidine rings is 1. The number of imidazole rings is 1. The second-order valence-corrected chi connectivity index (χ2v) is 7.32. The Morgan fingerprint density at radius 2 is 1.83 bits per heavy atom. The fourth-order valence-corrected chi connectivity index (χ4v) is 3.69. The number of aromatic nitrogens is 4. The molecule has 2 aromatic carbocycles. The van der Waals surface area contributed by atoms with Crippen molar-refractivity contribution in [3.8, 4) is 11.5 Å². The summed E-state index contributed by atoms with van der Waals surface area (Å²) in [6.07, 6.45) is 4.04. The number of benzene rings is 2. The number of nitrogen functional groups attached to an aromatic ring is 1. The highest BCUT2D eigenvalue weighted by Gasteiger charge is 2.20. The van der Waals surface area contributed by atoms with Crippen molar-refractivity contribution in [1.29, 1.82) is 0 Å². The van der Waals surface area contributed by atoms with Crippen LogP contribution in [0.5, 0.6) is 11.5 Å². The Hall–Kier alpha value is -3.65. The summed E-state index contributed by atoms with van der Waals surface area (Å²) in [5.74, 6) is 2.37. The molecule has 1 aliphatic heterocycles. The third-order valence-electron chi connectivity index (χ3n) is 5.20. The molecule has 0 saturated carbocycles. The smallest absolute Gasteiger partial charge is 0.231 e. The zero-order valence-electron chi connectivity index (χ0n) is 16.5. The van der Waals surface area contributed by atoms with Crippen LogP contribution in [0.3, 0.4) is 0 Å². The van der Waals surface area contributed by atoms with Crippen molar-refractivity contribution in [3.63, 3.8) is 0 Å². The van der Waals surface area contributed by atoms with Crippen LogP contribution in [0.25, 0.3) is 11.2 Å². The highest BCUT2D eigenvalue weighted by molar-refractivity contribution is 5.83. The lowest BCUT2D eigenvalue weighted by molar-refractivity contribution is 0.376. The molecular weight excluding hydrogens is 378 g/mol. The van der Waals surface area contributed by atoms with Gasteiger partial charge in [-0.15, -0.1) is 0 Å². The molecule has 8 heteroatoms. The van der Waals surface area contributed by atoms with E-state index in [9.17, 15) is 0 Å². The number of para-hydroxylation sites is 1. The van der Waals surface area contributed by atoms with E-state index in [1.54, 1.807) is 0 Å². The van der Waals surface area contributed by atoms with Gasteiger partial charge < -0.3 is 25.7 Å². The molecule has 0 bridgehead atoms. The van der Waals surface area contributed by atoms with Crippen LogP contribution in [0, 0.1) is 0 Å². The second-order valence-electron chi connectivity index (χ2n) is 7.32. The predicted octanol–water partition coefficient (Wildman–Crippen LogP) is 3.87. The summed E-state index contributed by atoms with van der Waals surface area (Å²) in [4.78, 5) is 13.5. The van der Waals surface area contributed by atoms with E-state index in [2.05, 4.69) is 25.2 Å². The van der Waals surface area contributed by atoms with E-state index in [4.69, 9.17) is 15.5 Å². The Morgan fingerprint density at radius 1 is 1.03 bits per heavy atom. The molecule has 0 aliphatic carbocycles. The maximum atomic E-state index is 6.16. The Bertz CT molecular complexity index is 1140. The molecule has 0 spiro atoms. The molecule has 2 aromatic heterocycles. The molecule has 8 nitrogen and oxygen atoms in total. The Labute approximate surface area is 174 Å². The lowest BCUT2D eigenvalue weighted by Gasteiger charge is -2.24. The number of hydrogen-bond acceptors (Lipinski definition) is 7. The molecule has 0 amide bonds. The molecule has 30 heavy (non-hydrogen) atoms. The number of nitrogens with zero attached hydrogens (tertiary/aromatic N) is 4. The highest BCUT2D eigenvalue weighted by Crippen LogP contribution is 2.27. The number of hydrogen-bond donors (Lipinski definition) is 3. The zero-order chi connectivity index (χ0) is 20.3. The van der Waals surface area contributed by atoms with Gasteiger partial charge in [0.05, 0.1) is 6.33 Å². The van der Waals surface area contributed by atoms with Gasteiger partial charge in [-0.3, -0.25) is 0 Å². The van der Waals surface area contributed by atoms with Gasteiger partial charge in [0, 0.05) is 18.3 Å². The summed E-state index contributed by atoms with van der Waals surface area (Å²) < 4.78 is 7.93. The van der Waals surface area contributed by atoms with Gasteiger partial charge in [0.2, 0.25) is 5.95 Å². The number of fused-ring (bicyclic) bond motifs is 1. The molecule has 4 N–H and O–H groups in total. The zero-order valence-corrected chi connectivity index (χ0v) is 16.5. The normalized spacial score (nSPS) is 16.5. The number of rotatable bonds is 5. The van der Waals surface area contributed by atoms with Crippen molar-refractivity contribution in [2.24, 2.45) is 0 Å². The maximum Gasteiger partial charge on any atom is 0.231 e. The Kier molecular flexibility index (Phi) is 4.90. The third kappa shape index (κ3) is 3.77. The molecule has 1 saturated heterocycles. The van der Waals surface area contributed by atoms with Crippen molar-refractivity contribution < 1.29 is 4.74 Å². The van der Waals surface area contributed by atoms with Gasteiger partial charge in [0.15, 0.2) is 11.5 Å². The average Bonchev–Trinajstić information content (AvgIpc) is 3.21. The average molecular weight is 401 g/mol. The van der Waals surface area contributed by atoms with Crippen molar-refractivity contribution in [1.82, 2.24) is 24.8 Å². The van der Waals surface area contributed by atoms with E-state index in [1.807, 2.05) is 60.9 Å². The van der Waals surface area contributed by atoms with Gasteiger partial charge in [-0.25, -0.2) is 4.98 Å². The Balaban J connectivity index is 1.37. The van der Waals surface area contributed by atoms with Crippen LogP contribution in [0.4, 0.5) is 17.5 Å². The van der Waals surface area contributed by atoms with Crippen LogP contribution in [0.15, 0.2) is 60.9 Å². The van der Waals surface area contributed by atoms with Gasteiger partial charge in [-0.1, -0.05) is 18.2 Å². The first-order valence-corrected chi connectivity index (χ1v) is 10.1. The molecule has 5 rings (SSSR count). The van der Waals surface area contributed by atoms with E-state index in [-0.39, 0.29) is 0 Å². The minimum atomic E-state index is 0.320. The topological polar surface area (TPSA) is 103 Å². The molecule has 3 heterocycles. The summed E-state index contributed by atoms with van der Waals surface area (Å²) >= 11 is 0. The monoisotopic (exact) mass is 401 g/mol. The maximum absolute atomic E-state index is 6.16. The molecule has 0 unspecified atom stereocenters. The molecule has 1 aliphatic rings. The van der Waals surface area contributed by atoms with Crippen LogP contribution in [0.1, 0.15) is 18.9 Å². The fraction of sp³-hybridized carbons (Fsp3) is 0.227. The molecule has 4 aromatic rings. The molecule has 1 fully saturated rings. The van der Waals surface area contributed by atoms with E-state index in [1.165, 1.54) is 0 Å². The minimum absolute atomic E-state index is 0.320. The minimum Gasteiger partial charge on any atom is -0.457 e. The van der Waals surface area contributed by atoms with Gasteiger partial charge in [0.25, 0.3) is 0 Å². The standard InChI is InChI=1S/C22H23N7O/c23-20-19-21(29(14-25-19)16-5-4-12-24-13-16)28-22(27-20)26-15-8-10-18(11-9-15)30-17-6-2-1-3-7-17/h1-3,6-11,14,16,24H,4-5,12-13H2,(H3,23,26,27,28)/t16-/m0/s1. The summed E-state index contributed by atoms with van der Waals surface area (Å²) in [6, 6.07) is 17.6. The first-order chi connectivity index (χ1) is 14.8. The highest BCUT2D eigenvalue weighted by atomic mass is 16.5. The van der Waals surface area contributed by atoms with Crippen molar-refractivity contribution in [3.05, 3.63) is 60.9 Å². The number of nitrogens with one attached hydrogen (secondary N) is 2. The predicted molar refractivity (Wildman–Crippen MR) is 117 cm³/mol. The van der Waals surface area contributed by atoms with E-state index in [0.717, 1.165) is 48.8 Å². The van der Waals surface area contributed by atoms with E-state index >= 15 is 0 Å². The first-order valence-electron chi connectivity index (χ1n) is 10.1. The molecule has 1 atom stereocenters. The van der Waals surface area contributed by atoms with Gasteiger partial charge in [-0.05, 0) is 55.8 Å². The van der Waals surface area contributed by atoms with Crippen molar-refractivity contribution in [2.75, 3.05) is 24.1 Å². The lowest BCUT2D eigenvalue weighted by atomic mass is 10.1. The molecular formula is C22H23N7O.